The predicted molar refractivity (Wildman–Crippen MR) is 51.4 cm³/mol. The van der Waals surface area contributed by atoms with E-state index in [9.17, 15) is 5.11 Å². The maximum atomic E-state index is 9.82. The largest absolute Gasteiger partial charge is 0.387 e. The molecule has 14 heavy (non-hydrogen) atoms. The fourth-order valence-electron chi connectivity index (χ4n) is 1.30. The van der Waals surface area contributed by atoms with E-state index in [1.165, 1.54) is 0 Å². The minimum Gasteiger partial charge on any atom is -0.387 e. The first-order chi connectivity index (χ1) is 6.86. The second-order valence-corrected chi connectivity index (χ2v) is 3.09. The Morgan fingerprint density at radius 3 is 2.43 bits per heavy atom. The Morgan fingerprint density at radius 2 is 1.79 bits per heavy atom. The monoisotopic (exact) mass is 189 g/mol. The van der Waals surface area contributed by atoms with Crippen molar-refractivity contribution in [1.82, 2.24) is 14.8 Å². The molecule has 1 aromatic heterocycles. The van der Waals surface area contributed by atoms with Crippen molar-refractivity contribution in [2.75, 3.05) is 0 Å². The van der Waals surface area contributed by atoms with Crippen LogP contribution in [0.4, 0.5) is 0 Å². The second-order valence-electron chi connectivity index (χ2n) is 3.09. The summed E-state index contributed by atoms with van der Waals surface area (Å²) in [6.07, 6.45) is 2.67. The lowest BCUT2D eigenvalue weighted by atomic mass is 10.1. The van der Waals surface area contributed by atoms with Gasteiger partial charge in [0.25, 0.3) is 0 Å². The number of hydrogen-bond donors (Lipinski definition) is 1. The number of nitrogens with zero attached hydrogens (tertiary/aromatic N) is 3. The highest BCUT2D eigenvalue weighted by Gasteiger charge is 2.06. The highest BCUT2D eigenvalue weighted by Crippen LogP contribution is 2.13. The summed E-state index contributed by atoms with van der Waals surface area (Å²) in [6.45, 7) is 0.483. The number of benzene rings is 1. The standard InChI is InChI=1S/C10H11N3O/c14-10(6-13-7-11-12-8-13)9-4-2-1-3-5-9/h1-5,7-8,10,14H,6H2/t10-/m0/s1. The molecule has 1 heterocycles. The smallest absolute Gasteiger partial charge is 0.119 e. The highest BCUT2D eigenvalue weighted by atomic mass is 16.3. The van der Waals surface area contributed by atoms with Gasteiger partial charge in [-0.15, -0.1) is 10.2 Å². The van der Waals surface area contributed by atoms with Gasteiger partial charge in [0, 0.05) is 0 Å². The van der Waals surface area contributed by atoms with Crippen LogP contribution in [0.2, 0.25) is 0 Å². The summed E-state index contributed by atoms with van der Waals surface area (Å²) in [7, 11) is 0. The van der Waals surface area contributed by atoms with Crippen molar-refractivity contribution in [3.05, 3.63) is 48.5 Å². The van der Waals surface area contributed by atoms with Gasteiger partial charge in [0.1, 0.15) is 12.7 Å². The fourth-order valence-corrected chi connectivity index (χ4v) is 1.30. The molecule has 0 spiro atoms. The Morgan fingerprint density at radius 1 is 1.14 bits per heavy atom. The molecule has 1 N–H and O–H groups in total. The van der Waals surface area contributed by atoms with Crippen LogP contribution >= 0.6 is 0 Å². The van der Waals surface area contributed by atoms with Gasteiger partial charge in [-0.1, -0.05) is 30.3 Å². The first-order valence-corrected chi connectivity index (χ1v) is 4.41. The number of hydrogen-bond acceptors (Lipinski definition) is 3. The number of aromatic nitrogens is 3. The summed E-state index contributed by atoms with van der Waals surface area (Å²) in [5.41, 5.74) is 0.904. The first-order valence-electron chi connectivity index (χ1n) is 4.41. The molecule has 2 aromatic rings. The maximum absolute atomic E-state index is 9.82. The Bertz CT molecular complexity index is 372. The second kappa shape index (κ2) is 4.02. The van der Waals surface area contributed by atoms with Crippen LogP contribution in [-0.4, -0.2) is 19.9 Å². The van der Waals surface area contributed by atoms with Crippen molar-refractivity contribution in [3.63, 3.8) is 0 Å². The number of rotatable bonds is 3. The van der Waals surface area contributed by atoms with Gasteiger partial charge in [-0.25, -0.2) is 0 Å². The van der Waals surface area contributed by atoms with Gasteiger partial charge in [-0.2, -0.15) is 0 Å². The molecule has 2 rings (SSSR count). The average molecular weight is 189 g/mol. The summed E-state index contributed by atoms with van der Waals surface area (Å²) in [5, 5.41) is 17.2. The van der Waals surface area contributed by atoms with Gasteiger partial charge in [-0.05, 0) is 5.56 Å². The molecule has 0 radical (unpaired) electrons. The van der Waals surface area contributed by atoms with E-state index >= 15 is 0 Å². The minimum atomic E-state index is -0.507. The SMILES string of the molecule is O[C@@H](Cn1cnnc1)c1ccccc1. The van der Waals surface area contributed by atoms with Gasteiger partial charge in [-0.3, -0.25) is 0 Å². The van der Waals surface area contributed by atoms with Crippen molar-refractivity contribution in [2.45, 2.75) is 12.6 Å². The molecule has 0 aliphatic heterocycles. The highest BCUT2D eigenvalue weighted by molar-refractivity contribution is 5.17. The van der Waals surface area contributed by atoms with E-state index in [1.54, 1.807) is 17.2 Å². The molecular weight excluding hydrogens is 178 g/mol. The van der Waals surface area contributed by atoms with Crippen molar-refractivity contribution in [1.29, 1.82) is 0 Å². The van der Waals surface area contributed by atoms with Crippen LogP contribution in [-0.2, 0) is 6.54 Å². The van der Waals surface area contributed by atoms with E-state index in [-0.39, 0.29) is 0 Å². The first kappa shape index (κ1) is 8.90. The molecule has 1 atom stereocenters. The third kappa shape index (κ3) is 1.97. The van der Waals surface area contributed by atoms with Gasteiger partial charge >= 0.3 is 0 Å². The summed E-state index contributed by atoms with van der Waals surface area (Å²) in [5.74, 6) is 0. The molecule has 0 saturated carbocycles. The Balaban J connectivity index is 2.07. The molecule has 0 aliphatic rings. The van der Waals surface area contributed by atoms with Crippen LogP contribution < -0.4 is 0 Å². The predicted octanol–water partition coefficient (Wildman–Crippen LogP) is 1.01. The molecule has 1 aromatic carbocycles. The number of aliphatic hydroxyl groups excluding tert-OH is 1. The van der Waals surface area contributed by atoms with E-state index < -0.39 is 6.10 Å². The molecular formula is C10H11N3O. The lowest BCUT2D eigenvalue weighted by Crippen LogP contribution is -2.06. The molecule has 0 amide bonds. The Kier molecular flexibility index (Phi) is 2.55. The van der Waals surface area contributed by atoms with Crippen molar-refractivity contribution < 1.29 is 5.11 Å². The molecule has 0 fully saturated rings. The van der Waals surface area contributed by atoms with Crippen LogP contribution in [0.5, 0.6) is 0 Å². The fraction of sp³-hybridized carbons (Fsp3) is 0.200. The molecule has 0 saturated heterocycles. The van der Waals surface area contributed by atoms with E-state index in [2.05, 4.69) is 10.2 Å². The zero-order chi connectivity index (χ0) is 9.80. The van der Waals surface area contributed by atoms with Crippen molar-refractivity contribution >= 4 is 0 Å². The third-order valence-electron chi connectivity index (χ3n) is 2.03. The Hall–Kier alpha value is -1.68. The van der Waals surface area contributed by atoms with Gasteiger partial charge in [0.05, 0.1) is 12.6 Å². The van der Waals surface area contributed by atoms with Gasteiger partial charge in [0.2, 0.25) is 0 Å². The molecule has 4 nitrogen and oxygen atoms in total. The number of aliphatic hydroxyl groups is 1. The molecule has 0 unspecified atom stereocenters. The Labute approximate surface area is 81.8 Å². The third-order valence-corrected chi connectivity index (χ3v) is 2.03. The van der Waals surface area contributed by atoms with Crippen LogP contribution in [0.1, 0.15) is 11.7 Å². The van der Waals surface area contributed by atoms with Crippen LogP contribution in [0.25, 0.3) is 0 Å². The molecule has 0 aliphatic carbocycles. The summed E-state index contributed by atoms with van der Waals surface area (Å²) >= 11 is 0. The molecule has 0 bridgehead atoms. The summed E-state index contributed by atoms with van der Waals surface area (Å²) in [6, 6.07) is 9.54. The topological polar surface area (TPSA) is 50.9 Å². The van der Waals surface area contributed by atoms with E-state index in [4.69, 9.17) is 0 Å². The van der Waals surface area contributed by atoms with E-state index in [0.29, 0.717) is 6.54 Å². The lowest BCUT2D eigenvalue weighted by Gasteiger charge is -2.10. The van der Waals surface area contributed by atoms with Crippen LogP contribution in [0.15, 0.2) is 43.0 Å². The molecule has 72 valence electrons. The zero-order valence-electron chi connectivity index (χ0n) is 7.61. The summed E-state index contributed by atoms with van der Waals surface area (Å²) < 4.78 is 1.75. The van der Waals surface area contributed by atoms with Crippen LogP contribution in [0.3, 0.4) is 0 Å². The van der Waals surface area contributed by atoms with Crippen LogP contribution in [0, 0.1) is 0 Å². The lowest BCUT2D eigenvalue weighted by molar-refractivity contribution is 0.156. The van der Waals surface area contributed by atoms with Gasteiger partial charge in [0.15, 0.2) is 0 Å². The normalized spacial score (nSPS) is 12.6. The maximum Gasteiger partial charge on any atom is 0.119 e. The molecule has 4 heteroatoms. The van der Waals surface area contributed by atoms with Crippen molar-refractivity contribution in [3.8, 4) is 0 Å². The van der Waals surface area contributed by atoms with E-state index in [0.717, 1.165) is 5.56 Å². The zero-order valence-corrected chi connectivity index (χ0v) is 7.61. The van der Waals surface area contributed by atoms with Gasteiger partial charge < -0.3 is 9.67 Å². The van der Waals surface area contributed by atoms with Crippen molar-refractivity contribution in [2.24, 2.45) is 0 Å². The summed E-state index contributed by atoms with van der Waals surface area (Å²) in [4.78, 5) is 0. The quantitative estimate of drug-likeness (QED) is 0.784. The average Bonchev–Trinajstić information content (AvgIpc) is 2.72. The minimum absolute atomic E-state index is 0.483. The van der Waals surface area contributed by atoms with E-state index in [1.807, 2.05) is 30.3 Å².